The van der Waals surface area contributed by atoms with Crippen molar-refractivity contribution in [2.75, 3.05) is 31.1 Å². The first-order valence-electron chi connectivity index (χ1n) is 8.49. The number of nitrogens with zero attached hydrogens (tertiary/aromatic N) is 5. The van der Waals surface area contributed by atoms with Crippen LogP contribution in [0, 0.1) is 11.3 Å². The van der Waals surface area contributed by atoms with E-state index in [1.165, 1.54) is 5.56 Å². The lowest BCUT2D eigenvalue weighted by molar-refractivity contribution is 0.250. The third-order valence-corrected chi connectivity index (χ3v) is 4.65. The van der Waals surface area contributed by atoms with Crippen molar-refractivity contribution in [3.8, 4) is 6.07 Å². The Balaban J connectivity index is 1.53. The smallest absolute Gasteiger partial charge is 0.143 e. The van der Waals surface area contributed by atoms with Gasteiger partial charge in [0.15, 0.2) is 0 Å². The number of pyridine rings is 2. The average molecular weight is 329 g/mol. The topological polar surface area (TPSA) is 56.1 Å². The van der Waals surface area contributed by atoms with Gasteiger partial charge in [-0.1, -0.05) is 24.3 Å². The first-order valence-corrected chi connectivity index (χ1v) is 8.49. The molecule has 1 saturated heterocycles. The molecule has 1 aliphatic rings. The van der Waals surface area contributed by atoms with E-state index in [0.717, 1.165) is 49.3 Å². The second-order valence-corrected chi connectivity index (χ2v) is 6.28. The number of hydrogen-bond acceptors (Lipinski definition) is 5. The van der Waals surface area contributed by atoms with Crippen LogP contribution in [0.5, 0.6) is 0 Å². The van der Waals surface area contributed by atoms with E-state index in [0.29, 0.717) is 5.69 Å². The van der Waals surface area contributed by atoms with Gasteiger partial charge in [0, 0.05) is 56.2 Å². The summed E-state index contributed by atoms with van der Waals surface area (Å²) < 4.78 is 0. The standard InChI is InChI=1S/C20H19N5/c21-13-17-12-20(18-5-1-2-6-19(18)23-17)25-10-8-24(9-11-25)15-16-4-3-7-22-14-16/h1-7,12,14H,8-11,15H2. The van der Waals surface area contributed by atoms with Crippen molar-refractivity contribution in [2.24, 2.45) is 0 Å². The van der Waals surface area contributed by atoms with Gasteiger partial charge < -0.3 is 4.90 Å². The minimum absolute atomic E-state index is 0.478. The molecule has 25 heavy (non-hydrogen) atoms. The van der Waals surface area contributed by atoms with Gasteiger partial charge in [-0.3, -0.25) is 9.88 Å². The Hall–Kier alpha value is -2.97. The number of anilines is 1. The number of aromatic nitrogens is 2. The molecule has 5 nitrogen and oxygen atoms in total. The van der Waals surface area contributed by atoms with Crippen molar-refractivity contribution >= 4 is 16.6 Å². The minimum atomic E-state index is 0.478. The predicted molar refractivity (Wildman–Crippen MR) is 98.2 cm³/mol. The average Bonchev–Trinajstić information content (AvgIpc) is 2.68. The van der Waals surface area contributed by atoms with Crippen molar-refractivity contribution in [1.82, 2.24) is 14.9 Å². The van der Waals surface area contributed by atoms with Gasteiger partial charge >= 0.3 is 0 Å². The fourth-order valence-corrected chi connectivity index (χ4v) is 3.37. The highest BCUT2D eigenvalue weighted by molar-refractivity contribution is 5.92. The van der Waals surface area contributed by atoms with E-state index >= 15 is 0 Å². The van der Waals surface area contributed by atoms with E-state index in [1.807, 2.05) is 42.7 Å². The van der Waals surface area contributed by atoms with Crippen molar-refractivity contribution in [1.29, 1.82) is 5.26 Å². The van der Waals surface area contributed by atoms with Crippen LogP contribution >= 0.6 is 0 Å². The molecule has 2 aromatic heterocycles. The highest BCUT2D eigenvalue weighted by Gasteiger charge is 2.19. The maximum atomic E-state index is 9.28. The molecule has 0 radical (unpaired) electrons. The van der Waals surface area contributed by atoms with Gasteiger partial charge in [0.2, 0.25) is 0 Å². The molecule has 0 amide bonds. The van der Waals surface area contributed by atoms with Crippen molar-refractivity contribution < 1.29 is 0 Å². The third kappa shape index (κ3) is 3.30. The van der Waals surface area contributed by atoms with Gasteiger partial charge in [0.1, 0.15) is 11.8 Å². The van der Waals surface area contributed by atoms with Crippen LogP contribution in [-0.2, 0) is 6.54 Å². The minimum Gasteiger partial charge on any atom is -0.368 e. The molecule has 1 aliphatic heterocycles. The zero-order chi connectivity index (χ0) is 17.1. The molecule has 0 unspecified atom stereocenters. The lowest BCUT2D eigenvalue weighted by Gasteiger charge is -2.36. The summed E-state index contributed by atoms with van der Waals surface area (Å²) in [5, 5.41) is 10.4. The van der Waals surface area contributed by atoms with E-state index in [4.69, 9.17) is 0 Å². The zero-order valence-corrected chi connectivity index (χ0v) is 14.0. The Bertz CT molecular complexity index is 908. The molecular formula is C20H19N5. The molecular weight excluding hydrogens is 310 g/mol. The van der Waals surface area contributed by atoms with Crippen LogP contribution in [0.15, 0.2) is 54.9 Å². The second-order valence-electron chi connectivity index (χ2n) is 6.28. The number of para-hydroxylation sites is 1. The molecule has 3 aromatic rings. The summed E-state index contributed by atoms with van der Waals surface area (Å²) in [6.07, 6.45) is 3.74. The molecule has 5 heteroatoms. The zero-order valence-electron chi connectivity index (χ0n) is 14.0. The van der Waals surface area contributed by atoms with Crippen LogP contribution in [0.25, 0.3) is 10.9 Å². The summed E-state index contributed by atoms with van der Waals surface area (Å²) in [6, 6.07) is 16.3. The monoisotopic (exact) mass is 329 g/mol. The quantitative estimate of drug-likeness (QED) is 0.739. The lowest BCUT2D eigenvalue weighted by atomic mass is 10.1. The van der Waals surface area contributed by atoms with Gasteiger partial charge in [-0.25, -0.2) is 4.98 Å². The molecule has 4 rings (SSSR count). The molecule has 0 atom stereocenters. The van der Waals surface area contributed by atoms with Gasteiger partial charge in [-0.15, -0.1) is 0 Å². The van der Waals surface area contributed by atoms with Gasteiger partial charge in [0.05, 0.1) is 5.52 Å². The molecule has 1 aromatic carbocycles. The number of fused-ring (bicyclic) bond motifs is 1. The summed E-state index contributed by atoms with van der Waals surface area (Å²) >= 11 is 0. The van der Waals surface area contributed by atoms with Crippen LogP contribution in [0.3, 0.4) is 0 Å². The summed E-state index contributed by atoms with van der Waals surface area (Å²) in [6.45, 7) is 4.81. The van der Waals surface area contributed by atoms with E-state index in [9.17, 15) is 5.26 Å². The summed E-state index contributed by atoms with van der Waals surface area (Å²) in [5.74, 6) is 0. The van der Waals surface area contributed by atoms with Crippen molar-refractivity contribution in [3.63, 3.8) is 0 Å². The molecule has 0 spiro atoms. The predicted octanol–water partition coefficient (Wildman–Crippen LogP) is 2.82. The van der Waals surface area contributed by atoms with E-state index < -0.39 is 0 Å². The first kappa shape index (κ1) is 15.6. The molecule has 0 saturated carbocycles. The maximum absolute atomic E-state index is 9.28. The number of piperazine rings is 1. The summed E-state index contributed by atoms with van der Waals surface area (Å²) in [5.41, 5.74) is 3.72. The van der Waals surface area contributed by atoms with E-state index in [2.05, 4.69) is 38.0 Å². The van der Waals surface area contributed by atoms with E-state index in [-0.39, 0.29) is 0 Å². The van der Waals surface area contributed by atoms with Crippen molar-refractivity contribution in [3.05, 3.63) is 66.1 Å². The largest absolute Gasteiger partial charge is 0.368 e. The molecule has 0 bridgehead atoms. The molecule has 1 fully saturated rings. The van der Waals surface area contributed by atoms with Gasteiger partial charge in [0.25, 0.3) is 0 Å². The number of rotatable bonds is 3. The highest BCUT2D eigenvalue weighted by Crippen LogP contribution is 2.27. The molecule has 0 N–H and O–H groups in total. The number of hydrogen-bond donors (Lipinski definition) is 0. The maximum Gasteiger partial charge on any atom is 0.143 e. The Labute approximate surface area is 147 Å². The SMILES string of the molecule is N#Cc1cc(N2CCN(Cc3cccnc3)CC2)c2ccccc2n1. The molecule has 3 heterocycles. The van der Waals surface area contributed by atoms with Crippen LogP contribution in [0.1, 0.15) is 11.3 Å². The Morgan fingerprint density at radius 2 is 1.88 bits per heavy atom. The number of nitriles is 1. The first-order chi connectivity index (χ1) is 12.3. The number of benzene rings is 1. The summed E-state index contributed by atoms with van der Waals surface area (Å²) in [7, 11) is 0. The Kier molecular flexibility index (Phi) is 4.28. The Morgan fingerprint density at radius 3 is 2.64 bits per heavy atom. The van der Waals surface area contributed by atoms with Gasteiger partial charge in [-0.05, 0) is 23.8 Å². The Morgan fingerprint density at radius 1 is 1.04 bits per heavy atom. The van der Waals surface area contributed by atoms with Crippen LogP contribution in [-0.4, -0.2) is 41.0 Å². The molecule has 124 valence electrons. The van der Waals surface area contributed by atoms with E-state index in [1.54, 1.807) is 0 Å². The van der Waals surface area contributed by atoms with Crippen LogP contribution < -0.4 is 4.90 Å². The molecule has 0 aliphatic carbocycles. The fraction of sp³-hybridized carbons (Fsp3) is 0.250. The van der Waals surface area contributed by atoms with Crippen LogP contribution in [0.2, 0.25) is 0 Å². The summed E-state index contributed by atoms with van der Waals surface area (Å²) in [4.78, 5) is 13.4. The van der Waals surface area contributed by atoms with Crippen LogP contribution in [0.4, 0.5) is 5.69 Å². The fourth-order valence-electron chi connectivity index (χ4n) is 3.37. The van der Waals surface area contributed by atoms with Gasteiger partial charge in [-0.2, -0.15) is 5.26 Å². The normalized spacial score (nSPS) is 15.2. The highest BCUT2D eigenvalue weighted by atomic mass is 15.3. The van der Waals surface area contributed by atoms with Crippen molar-refractivity contribution in [2.45, 2.75) is 6.54 Å². The second kappa shape index (κ2) is 6.88. The lowest BCUT2D eigenvalue weighted by Crippen LogP contribution is -2.46. The third-order valence-electron chi connectivity index (χ3n) is 4.65.